The highest BCUT2D eigenvalue weighted by Crippen LogP contribution is 2.26. The van der Waals surface area contributed by atoms with Crippen LogP contribution in [0, 0.1) is 11.3 Å². The number of hydrogen-bond acceptors (Lipinski definition) is 3. The molecule has 0 amide bonds. The van der Waals surface area contributed by atoms with Gasteiger partial charge in [-0.1, -0.05) is 35.9 Å². The van der Waals surface area contributed by atoms with Crippen molar-refractivity contribution in [2.24, 2.45) is 0 Å². The number of rotatable bonds is 2. The average Bonchev–Trinajstić information content (AvgIpc) is 2.46. The summed E-state index contributed by atoms with van der Waals surface area (Å²) in [6.45, 7) is 0. The van der Waals surface area contributed by atoms with Crippen LogP contribution in [0.5, 0.6) is 11.6 Å². The maximum Gasteiger partial charge on any atom is 0.221 e. The Hall–Kier alpha value is -2.57. The summed E-state index contributed by atoms with van der Waals surface area (Å²) in [6.07, 6.45) is 0. The molecule has 3 aromatic rings. The van der Waals surface area contributed by atoms with Gasteiger partial charge in [-0.25, -0.2) is 4.98 Å². The maximum absolute atomic E-state index is 9.22. The zero-order valence-corrected chi connectivity index (χ0v) is 11.1. The number of hydrogen-bond donors (Lipinski definition) is 0. The van der Waals surface area contributed by atoms with Crippen molar-refractivity contribution in [1.82, 2.24) is 4.98 Å². The van der Waals surface area contributed by atoms with Crippen LogP contribution in [0.15, 0.2) is 54.6 Å². The number of nitrogens with zero attached hydrogens (tertiary/aromatic N) is 2. The van der Waals surface area contributed by atoms with Crippen LogP contribution in [0.1, 0.15) is 5.56 Å². The lowest BCUT2D eigenvalue weighted by atomic mass is 10.1. The van der Waals surface area contributed by atoms with Gasteiger partial charge in [-0.3, -0.25) is 0 Å². The summed E-state index contributed by atoms with van der Waals surface area (Å²) in [7, 11) is 0. The van der Waals surface area contributed by atoms with Gasteiger partial charge in [0.15, 0.2) is 0 Å². The summed E-state index contributed by atoms with van der Waals surface area (Å²) in [5.41, 5.74) is 1.26. The van der Waals surface area contributed by atoms with Gasteiger partial charge in [0.1, 0.15) is 11.8 Å². The van der Waals surface area contributed by atoms with Gasteiger partial charge >= 0.3 is 0 Å². The predicted octanol–water partition coefficient (Wildman–Crippen LogP) is 4.55. The number of benzene rings is 2. The average molecular weight is 281 g/mol. The molecule has 0 aliphatic heterocycles. The third kappa shape index (κ3) is 2.42. The first-order chi connectivity index (χ1) is 9.76. The summed E-state index contributed by atoms with van der Waals surface area (Å²) >= 11 is 5.91. The molecule has 3 rings (SSSR count). The van der Waals surface area contributed by atoms with Crippen LogP contribution in [0.3, 0.4) is 0 Å². The molecule has 0 N–H and O–H groups in total. The fourth-order valence-corrected chi connectivity index (χ4v) is 2.13. The van der Waals surface area contributed by atoms with Crippen molar-refractivity contribution in [3.05, 3.63) is 65.2 Å². The van der Waals surface area contributed by atoms with Gasteiger partial charge in [0.05, 0.1) is 11.1 Å². The SMILES string of the molecule is N#Cc1cc(Oc2cccc(Cl)c2)nc2ccccc12. The highest BCUT2D eigenvalue weighted by molar-refractivity contribution is 6.30. The zero-order chi connectivity index (χ0) is 13.9. The predicted molar refractivity (Wildman–Crippen MR) is 78.0 cm³/mol. The van der Waals surface area contributed by atoms with Gasteiger partial charge < -0.3 is 4.74 Å². The third-order valence-electron chi connectivity index (χ3n) is 2.83. The van der Waals surface area contributed by atoms with E-state index in [4.69, 9.17) is 16.3 Å². The second-order valence-electron chi connectivity index (χ2n) is 4.20. The molecule has 1 heterocycles. The minimum absolute atomic E-state index is 0.377. The number of para-hydroxylation sites is 1. The van der Waals surface area contributed by atoms with Gasteiger partial charge in [0.25, 0.3) is 0 Å². The molecule has 0 fully saturated rings. The van der Waals surface area contributed by atoms with Crippen molar-refractivity contribution in [2.75, 3.05) is 0 Å². The number of fused-ring (bicyclic) bond motifs is 1. The van der Waals surface area contributed by atoms with Crippen LogP contribution in [0.25, 0.3) is 10.9 Å². The zero-order valence-electron chi connectivity index (χ0n) is 10.4. The number of nitriles is 1. The molecule has 0 aliphatic rings. The largest absolute Gasteiger partial charge is 0.439 e. The molecule has 0 atom stereocenters. The molecule has 0 bridgehead atoms. The molecule has 0 aliphatic carbocycles. The van der Waals surface area contributed by atoms with Crippen molar-refractivity contribution in [2.45, 2.75) is 0 Å². The molecule has 0 unspecified atom stereocenters. The Kier molecular flexibility index (Phi) is 3.24. The van der Waals surface area contributed by atoms with Crippen LogP contribution < -0.4 is 4.74 Å². The van der Waals surface area contributed by atoms with E-state index < -0.39 is 0 Å². The topological polar surface area (TPSA) is 45.9 Å². The van der Waals surface area contributed by atoms with E-state index >= 15 is 0 Å². The molecule has 0 radical (unpaired) electrons. The lowest BCUT2D eigenvalue weighted by Gasteiger charge is -2.07. The standard InChI is InChI=1S/C16H9ClN2O/c17-12-4-3-5-13(9-12)20-16-8-11(10-18)14-6-1-2-7-15(14)19-16/h1-9H. The highest BCUT2D eigenvalue weighted by Gasteiger charge is 2.07. The summed E-state index contributed by atoms with van der Waals surface area (Å²) < 4.78 is 5.66. The highest BCUT2D eigenvalue weighted by atomic mass is 35.5. The van der Waals surface area contributed by atoms with Crippen molar-refractivity contribution >= 4 is 22.5 Å². The molecule has 96 valence electrons. The van der Waals surface area contributed by atoms with Crippen molar-refractivity contribution in [3.63, 3.8) is 0 Å². The Morgan fingerprint density at radius 2 is 1.90 bits per heavy atom. The first kappa shape index (κ1) is 12.5. The van der Waals surface area contributed by atoms with E-state index in [0.717, 1.165) is 10.9 Å². The molecule has 4 heteroatoms. The Morgan fingerprint density at radius 3 is 2.70 bits per heavy atom. The fourth-order valence-electron chi connectivity index (χ4n) is 1.95. The third-order valence-corrected chi connectivity index (χ3v) is 3.07. The molecule has 0 saturated carbocycles. The molecule has 3 nitrogen and oxygen atoms in total. The number of aromatic nitrogens is 1. The Bertz CT molecular complexity index is 824. The van der Waals surface area contributed by atoms with E-state index in [1.807, 2.05) is 24.3 Å². The molecular weight excluding hydrogens is 272 g/mol. The van der Waals surface area contributed by atoms with E-state index in [2.05, 4.69) is 11.1 Å². The van der Waals surface area contributed by atoms with Crippen LogP contribution >= 0.6 is 11.6 Å². The van der Waals surface area contributed by atoms with Gasteiger partial charge in [-0.2, -0.15) is 5.26 Å². The molecule has 0 saturated heterocycles. The van der Waals surface area contributed by atoms with Crippen LogP contribution in [-0.4, -0.2) is 4.98 Å². The summed E-state index contributed by atoms with van der Waals surface area (Å²) in [6, 6.07) is 18.3. The first-order valence-corrected chi connectivity index (χ1v) is 6.37. The van der Waals surface area contributed by atoms with Crippen LogP contribution in [-0.2, 0) is 0 Å². The Labute approximate surface area is 121 Å². The number of ether oxygens (including phenoxy) is 1. The van der Waals surface area contributed by atoms with E-state index in [9.17, 15) is 5.26 Å². The fraction of sp³-hybridized carbons (Fsp3) is 0. The number of pyridine rings is 1. The molecule has 20 heavy (non-hydrogen) atoms. The molecule has 0 spiro atoms. The van der Waals surface area contributed by atoms with Gasteiger partial charge in [0, 0.05) is 16.5 Å². The van der Waals surface area contributed by atoms with E-state index in [0.29, 0.717) is 22.2 Å². The summed E-state index contributed by atoms with van der Waals surface area (Å²) in [4.78, 5) is 4.39. The van der Waals surface area contributed by atoms with Crippen molar-refractivity contribution in [3.8, 4) is 17.7 Å². The normalized spacial score (nSPS) is 10.2. The lowest BCUT2D eigenvalue weighted by molar-refractivity contribution is 0.465. The first-order valence-electron chi connectivity index (χ1n) is 5.99. The second-order valence-corrected chi connectivity index (χ2v) is 4.63. The molecule has 1 aromatic heterocycles. The van der Waals surface area contributed by atoms with Crippen molar-refractivity contribution < 1.29 is 4.74 Å². The maximum atomic E-state index is 9.22. The van der Waals surface area contributed by atoms with Crippen LogP contribution in [0.2, 0.25) is 5.02 Å². The quantitative estimate of drug-likeness (QED) is 0.691. The van der Waals surface area contributed by atoms with Crippen molar-refractivity contribution in [1.29, 1.82) is 5.26 Å². The minimum atomic E-state index is 0.377. The number of halogens is 1. The Morgan fingerprint density at radius 1 is 1.05 bits per heavy atom. The molecule has 2 aromatic carbocycles. The smallest absolute Gasteiger partial charge is 0.221 e. The van der Waals surface area contributed by atoms with Gasteiger partial charge in [-0.05, 0) is 24.3 Å². The summed E-state index contributed by atoms with van der Waals surface area (Å²) in [5.74, 6) is 0.965. The van der Waals surface area contributed by atoms with Gasteiger partial charge in [0.2, 0.25) is 5.88 Å². The van der Waals surface area contributed by atoms with E-state index in [1.165, 1.54) is 0 Å². The Balaban J connectivity index is 2.06. The summed E-state index contributed by atoms with van der Waals surface area (Å²) in [5, 5.41) is 10.6. The van der Waals surface area contributed by atoms with Gasteiger partial charge in [-0.15, -0.1) is 0 Å². The van der Waals surface area contributed by atoms with E-state index in [-0.39, 0.29) is 0 Å². The minimum Gasteiger partial charge on any atom is -0.439 e. The van der Waals surface area contributed by atoms with E-state index in [1.54, 1.807) is 30.3 Å². The monoisotopic (exact) mass is 280 g/mol. The second kappa shape index (κ2) is 5.20. The molecular formula is C16H9ClN2O. The van der Waals surface area contributed by atoms with Crippen LogP contribution in [0.4, 0.5) is 0 Å². The lowest BCUT2D eigenvalue weighted by Crippen LogP contribution is -1.91.